The van der Waals surface area contributed by atoms with Crippen LogP contribution in [0, 0.1) is 0 Å². The van der Waals surface area contributed by atoms with Crippen LogP contribution in [0.1, 0.15) is 47.9 Å². The summed E-state index contributed by atoms with van der Waals surface area (Å²) in [5, 5.41) is 1.42. The van der Waals surface area contributed by atoms with E-state index in [1.165, 1.54) is 11.1 Å². The van der Waals surface area contributed by atoms with Crippen LogP contribution in [0.25, 0.3) is 0 Å². The molecule has 4 atom stereocenters. The van der Waals surface area contributed by atoms with Crippen molar-refractivity contribution in [1.82, 2.24) is 9.91 Å². The first-order valence-electron chi connectivity index (χ1n) is 10.6. The second kappa shape index (κ2) is 9.17. The average molecular weight is 495 g/mol. The number of nitrogens with zero attached hydrogens (tertiary/aromatic N) is 2. The monoisotopic (exact) mass is 494 g/mol. The summed E-state index contributed by atoms with van der Waals surface area (Å²) >= 11 is 0.852. The van der Waals surface area contributed by atoms with Crippen LogP contribution in [0.5, 0.6) is 0 Å². The molecule has 182 valence electrons. The second-order valence-electron chi connectivity index (χ2n) is 9.20. The Morgan fingerprint density at radius 3 is 2.78 bits per heavy atom. The van der Waals surface area contributed by atoms with Crippen LogP contribution >= 0.6 is 11.3 Å². The Morgan fingerprint density at radius 1 is 1.50 bits per heavy atom. The first-order chi connectivity index (χ1) is 14.7. The number of hydrogen-bond donors (Lipinski definition) is 2. The van der Waals surface area contributed by atoms with Gasteiger partial charge in [0.25, 0.3) is 0 Å². The molecule has 0 saturated carbocycles. The van der Waals surface area contributed by atoms with Crippen molar-refractivity contribution in [2.75, 3.05) is 38.2 Å². The number of alkyl halides is 3. The molecule has 0 aliphatic carbocycles. The first kappa shape index (κ1) is 25.4. The van der Waals surface area contributed by atoms with Crippen LogP contribution in [0.15, 0.2) is 18.0 Å². The van der Waals surface area contributed by atoms with E-state index in [1.807, 2.05) is 13.8 Å². The van der Waals surface area contributed by atoms with Crippen molar-refractivity contribution in [1.29, 1.82) is 0 Å². The summed E-state index contributed by atoms with van der Waals surface area (Å²) in [4.78, 5) is 2.43. The van der Waals surface area contributed by atoms with Crippen LogP contribution < -0.4 is 11.6 Å². The van der Waals surface area contributed by atoms with Crippen molar-refractivity contribution in [3.8, 4) is 0 Å². The molecule has 0 aromatic carbocycles. The van der Waals surface area contributed by atoms with Crippen molar-refractivity contribution < 1.29 is 22.1 Å². The van der Waals surface area contributed by atoms with Crippen LogP contribution in [-0.2, 0) is 26.0 Å². The molecular formula is C21H33F3N4O2S2. The Kier molecular flexibility index (Phi) is 7.27. The number of fused-ring (bicyclic) bond motifs is 2. The van der Waals surface area contributed by atoms with Crippen LogP contribution in [0.3, 0.4) is 0 Å². The lowest BCUT2D eigenvalue weighted by Crippen LogP contribution is -2.51. The molecule has 11 heteroatoms. The van der Waals surface area contributed by atoms with Gasteiger partial charge in [0.05, 0.1) is 12.2 Å². The minimum absolute atomic E-state index is 0.0460. The normalized spacial score (nSPS) is 29.0. The highest BCUT2D eigenvalue weighted by Crippen LogP contribution is 2.51. The van der Waals surface area contributed by atoms with Crippen molar-refractivity contribution in [3.05, 3.63) is 33.3 Å². The molecule has 3 rings (SSSR count). The van der Waals surface area contributed by atoms with E-state index in [9.17, 15) is 17.4 Å². The van der Waals surface area contributed by atoms with E-state index in [1.54, 1.807) is 12.5 Å². The van der Waals surface area contributed by atoms with Gasteiger partial charge in [-0.3, -0.25) is 9.11 Å². The predicted molar refractivity (Wildman–Crippen MR) is 125 cm³/mol. The van der Waals surface area contributed by atoms with Crippen LogP contribution in [-0.4, -0.2) is 64.3 Å². The van der Waals surface area contributed by atoms with Gasteiger partial charge in [0.1, 0.15) is 4.88 Å². The lowest BCUT2D eigenvalue weighted by molar-refractivity contribution is -0.134. The quantitative estimate of drug-likeness (QED) is 0.359. The Morgan fingerprint density at radius 2 is 2.19 bits per heavy atom. The fourth-order valence-corrected chi connectivity index (χ4v) is 6.17. The van der Waals surface area contributed by atoms with Gasteiger partial charge in [0.15, 0.2) is 0 Å². The topological polar surface area (TPSA) is 84.8 Å². The summed E-state index contributed by atoms with van der Waals surface area (Å²) in [5.41, 5.74) is 6.76. The number of thiophene rings is 1. The third kappa shape index (κ3) is 5.80. The van der Waals surface area contributed by atoms with E-state index in [4.69, 9.17) is 16.3 Å². The molecule has 1 aromatic rings. The van der Waals surface area contributed by atoms with Gasteiger partial charge in [-0.05, 0) is 46.8 Å². The van der Waals surface area contributed by atoms with Gasteiger partial charge >= 0.3 is 6.18 Å². The standard InChI is InChI=1S/C21H33F3N4O2S2/c1-14-13-30-20(17-9-18(21(22,23)24)31-19(14)17)5-6-27(15(2)10-20)11-16(25)12-28(26)7-8-32(3,4)29/h9,12,14-15H,3,5-8,10-11,13,25-26H2,1-2,4H3/b16-12-. The number of piperidine rings is 1. The summed E-state index contributed by atoms with van der Waals surface area (Å²) < 4.78 is 58.1. The predicted octanol–water partition coefficient (Wildman–Crippen LogP) is 2.90. The molecule has 4 unspecified atom stereocenters. The number of hydrogen-bond acceptors (Lipinski definition) is 7. The SMILES string of the molecule is C=S(C)(=O)CCN(N)/C=C(\N)CN1CCC2(CC1C)OCC(C)c1sc(C(F)(F)F)cc12. The van der Waals surface area contributed by atoms with Gasteiger partial charge < -0.3 is 15.5 Å². The second-order valence-corrected chi connectivity index (χ2v) is 13.1. The minimum Gasteiger partial charge on any atom is -0.400 e. The van der Waals surface area contributed by atoms with Gasteiger partial charge in [-0.25, -0.2) is 5.84 Å². The number of ether oxygens (including phenoxy) is 1. The number of hydrazine groups is 1. The molecule has 1 saturated heterocycles. The first-order valence-corrected chi connectivity index (χ1v) is 13.7. The van der Waals surface area contributed by atoms with E-state index in [-0.39, 0.29) is 12.0 Å². The lowest BCUT2D eigenvalue weighted by Gasteiger charge is -2.48. The van der Waals surface area contributed by atoms with Gasteiger partial charge in [-0.15, -0.1) is 11.3 Å². The molecule has 3 heterocycles. The van der Waals surface area contributed by atoms with Gasteiger partial charge in [-0.2, -0.15) is 13.2 Å². The van der Waals surface area contributed by atoms with Crippen LogP contribution in [0.2, 0.25) is 0 Å². The Balaban J connectivity index is 1.70. The highest BCUT2D eigenvalue weighted by atomic mass is 32.2. The molecule has 1 fully saturated rings. The van der Waals surface area contributed by atoms with Crippen molar-refractivity contribution in [2.45, 2.75) is 50.4 Å². The highest BCUT2D eigenvalue weighted by molar-refractivity contribution is 7.99. The van der Waals surface area contributed by atoms with Gasteiger partial charge in [-0.1, -0.05) is 6.92 Å². The average Bonchev–Trinajstić information content (AvgIpc) is 3.13. The summed E-state index contributed by atoms with van der Waals surface area (Å²) in [5.74, 6) is 9.87. The number of halogens is 3. The van der Waals surface area contributed by atoms with Gasteiger partial charge in [0.2, 0.25) is 0 Å². The zero-order valence-corrected chi connectivity index (χ0v) is 20.4. The van der Waals surface area contributed by atoms with E-state index in [0.29, 0.717) is 56.1 Å². The molecule has 32 heavy (non-hydrogen) atoms. The maximum absolute atomic E-state index is 13.4. The van der Waals surface area contributed by atoms with E-state index >= 15 is 0 Å². The molecular weight excluding hydrogens is 461 g/mol. The van der Waals surface area contributed by atoms with Crippen LogP contribution in [0.4, 0.5) is 13.2 Å². The molecule has 4 N–H and O–H groups in total. The van der Waals surface area contributed by atoms with Crippen molar-refractivity contribution >= 4 is 26.7 Å². The fourth-order valence-electron chi connectivity index (χ4n) is 4.42. The number of likely N-dealkylation sites (tertiary alicyclic amines) is 1. The van der Waals surface area contributed by atoms with E-state index in [0.717, 1.165) is 16.2 Å². The maximum atomic E-state index is 13.4. The van der Waals surface area contributed by atoms with Crippen molar-refractivity contribution in [2.24, 2.45) is 11.6 Å². The molecule has 1 spiro atoms. The van der Waals surface area contributed by atoms with E-state index in [2.05, 4.69) is 10.8 Å². The Hall–Kier alpha value is -1.27. The number of nitrogens with two attached hydrogens (primary N) is 2. The molecule has 0 radical (unpaired) electrons. The van der Waals surface area contributed by atoms with Crippen molar-refractivity contribution in [3.63, 3.8) is 0 Å². The molecule has 0 bridgehead atoms. The molecule has 2 aliphatic rings. The van der Waals surface area contributed by atoms with E-state index < -0.39 is 26.2 Å². The smallest absolute Gasteiger partial charge is 0.400 e. The third-order valence-corrected chi connectivity index (χ3v) is 8.60. The van der Waals surface area contributed by atoms with Gasteiger partial charge in [0, 0.05) is 60.4 Å². The largest absolute Gasteiger partial charge is 0.425 e. The summed E-state index contributed by atoms with van der Waals surface area (Å²) in [6.45, 7) is 5.89. The molecule has 1 aromatic heterocycles. The zero-order valence-electron chi connectivity index (χ0n) is 18.8. The Bertz CT molecular complexity index is 961. The molecule has 0 amide bonds. The molecule has 2 aliphatic heterocycles. The summed E-state index contributed by atoms with van der Waals surface area (Å²) in [6, 6.07) is 1.36. The summed E-state index contributed by atoms with van der Waals surface area (Å²) in [6.07, 6.45) is 0.0722. The highest BCUT2D eigenvalue weighted by Gasteiger charge is 2.47. The maximum Gasteiger partial charge on any atom is 0.425 e. The fraction of sp³-hybridized carbons (Fsp3) is 0.667. The Labute approximate surface area is 192 Å². The minimum atomic E-state index is -4.35. The summed E-state index contributed by atoms with van der Waals surface area (Å²) in [7, 11) is -2.13. The third-order valence-electron chi connectivity index (χ3n) is 6.14. The zero-order chi connectivity index (χ0) is 23.9. The lowest BCUT2D eigenvalue weighted by atomic mass is 9.78. The molecule has 6 nitrogen and oxygen atoms in total. The number of rotatable bonds is 6.